The lowest BCUT2D eigenvalue weighted by molar-refractivity contribution is -0.153. The van der Waals surface area contributed by atoms with Crippen molar-refractivity contribution in [2.75, 3.05) is 40.3 Å². The second-order valence-electron chi connectivity index (χ2n) is 14.8. The molecule has 1 aromatic rings. The van der Waals surface area contributed by atoms with Gasteiger partial charge in [-0.15, -0.1) is 0 Å². The Morgan fingerprint density at radius 1 is 1.15 bits per heavy atom. The third-order valence-corrected chi connectivity index (χ3v) is 11.5. The zero-order chi connectivity index (χ0) is 38.7. The van der Waals surface area contributed by atoms with E-state index >= 15 is 0 Å². The van der Waals surface area contributed by atoms with Gasteiger partial charge in [0.15, 0.2) is 23.6 Å². The molecular formula is C37H56N8O8. The molecule has 4 aliphatic rings. The fourth-order valence-corrected chi connectivity index (χ4v) is 8.55. The molecule has 292 valence electrons. The van der Waals surface area contributed by atoms with Crippen LogP contribution in [0.3, 0.4) is 0 Å². The number of guanidine groups is 1. The normalized spacial score (nSPS) is 27.3. The topological polar surface area (TPSA) is 223 Å². The number of methoxy groups -OCH3 is 1. The summed E-state index contributed by atoms with van der Waals surface area (Å²) in [5.41, 5.74) is 10.6. The summed E-state index contributed by atoms with van der Waals surface area (Å²) in [7, 11) is 3.59. The number of hydrogen-bond donors (Lipinski definition) is 6. The maximum absolute atomic E-state index is 14.1. The monoisotopic (exact) mass is 740 g/mol. The van der Waals surface area contributed by atoms with Crippen LogP contribution in [0.25, 0.3) is 0 Å². The highest BCUT2D eigenvalue weighted by atomic mass is 16.6. The average Bonchev–Trinajstić information content (AvgIpc) is 3.49. The van der Waals surface area contributed by atoms with Crippen LogP contribution < -0.4 is 36.9 Å². The molecule has 7 unspecified atom stereocenters. The summed E-state index contributed by atoms with van der Waals surface area (Å²) in [4.78, 5) is 59.7. The molecule has 1 spiro atoms. The van der Waals surface area contributed by atoms with Crippen molar-refractivity contribution in [2.45, 2.75) is 114 Å². The predicted octanol–water partition coefficient (Wildman–Crippen LogP) is 0.915. The highest BCUT2D eigenvalue weighted by Gasteiger charge is 2.69. The zero-order valence-corrected chi connectivity index (χ0v) is 31.7. The Balaban J connectivity index is 1.32. The maximum atomic E-state index is 14.1. The van der Waals surface area contributed by atoms with Gasteiger partial charge in [-0.1, -0.05) is 6.07 Å². The molecule has 8 N–H and O–H groups in total. The molecular weight excluding hydrogens is 684 g/mol. The van der Waals surface area contributed by atoms with Crippen LogP contribution in [-0.4, -0.2) is 121 Å². The van der Waals surface area contributed by atoms with E-state index in [0.29, 0.717) is 49.6 Å². The van der Waals surface area contributed by atoms with Gasteiger partial charge < -0.3 is 56.5 Å². The second kappa shape index (κ2) is 16.2. The van der Waals surface area contributed by atoms with E-state index < -0.39 is 47.1 Å². The van der Waals surface area contributed by atoms with Gasteiger partial charge in [0, 0.05) is 44.6 Å². The van der Waals surface area contributed by atoms with Crippen molar-refractivity contribution in [1.82, 2.24) is 25.8 Å². The molecule has 16 nitrogen and oxygen atoms in total. The third kappa shape index (κ3) is 7.74. The zero-order valence-electron chi connectivity index (χ0n) is 31.7. The number of amides is 4. The number of benzene rings is 1. The number of nitrogens with zero attached hydrogens (tertiary/aromatic N) is 3. The van der Waals surface area contributed by atoms with E-state index in [0.717, 1.165) is 24.0 Å². The number of hydrogen-bond acceptors (Lipinski definition) is 10. The first kappa shape index (κ1) is 39.6. The molecule has 1 aromatic carbocycles. The van der Waals surface area contributed by atoms with E-state index in [4.69, 9.17) is 25.7 Å². The fraction of sp³-hybridized carbons (Fsp3) is 0.649. The number of carbonyl (C=O) groups excluding carboxylic acids is 4. The Hall–Kier alpha value is -4.57. The van der Waals surface area contributed by atoms with Gasteiger partial charge in [-0.3, -0.25) is 19.4 Å². The summed E-state index contributed by atoms with van der Waals surface area (Å²) in [6.45, 7) is 8.38. The van der Waals surface area contributed by atoms with Gasteiger partial charge in [0.25, 0.3) is 0 Å². The van der Waals surface area contributed by atoms with Crippen molar-refractivity contribution < 1.29 is 38.5 Å². The highest BCUT2D eigenvalue weighted by molar-refractivity contribution is 5.91. The molecule has 16 heteroatoms. The number of nitrogens with two attached hydrogens (primary N) is 2. The summed E-state index contributed by atoms with van der Waals surface area (Å²) in [6.07, 6.45) is 4.18. The predicted molar refractivity (Wildman–Crippen MR) is 197 cm³/mol. The van der Waals surface area contributed by atoms with Crippen molar-refractivity contribution in [2.24, 2.45) is 16.5 Å². The lowest BCUT2D eigenvalue weighted by Gasteiger charge is -2.58. The number of nitrogens with one attached hydrogen (secondary N) is 3. The molecule has 0 bridgehead atoms. The maximum Gasteiger partial charge on any atom is 0.415 e. The first-order valence-electron chi connectivity index (χ1n) is 18.5. The summed E-state index contributed by atoms with van der Waals surface area (Å²) < 4.78 is 18.6. The van der Waals surface area contributed by atoms with E-state index in [2.05, 4.69) is 25.8 Å². The number of aliphatic imine (C=N–C) groups is 1. The van der Waals surface area contributed by atoms with Gasteiger partial charge >= 0.3 is 6.09 Å². The van der Waals surface area contributed by atoms with Crippen molar-refractivity contribution in [3.8, 4) is 11.5 Å². The molecule has 2 saturated heterocycles. The Kier molecular flexibility index (Phi) is 12.1. The Morgan fingerprint density at radius 2 is 1.91 bits per heavy atom. The van der Waals surface area contributed by atoms with Crippen LogP contribution in [-0.2, 0) is 24.5 Å². The molecule has 4 amide bonds. The van der Waals surface area contributed by atoms with Crippen LogP contribution >= 0.6 is 0 Å². The molecule has 0 radical (unpaired) electrons. The Morgan fingerprint density at radius 3 is 2.60 bits per heavy atom. The quantitative estimate of drug-likeness (QED) is 0.100. The van der Waals surface area contributed by atoms with Crippen LogP contribution in [0.2, 0.25) is 0 Å². The lowest BCUT2D eigenvalue weighted by Crippen LogP contribution is -2.71. The van der Waals surface area contributed by atoms with Crippen LogP contribution in [0.5, 0.6) is 11.5 Å². The number of likely N-dealkylation sites (tertiary alicyclic amines) is 2. The summed E-state index contributed by atoms with van der Waals surface area (Å²) in [5, 5.41) is 20.8. The molecule has 5 rings (SSSR count). The smallest absolute Gasteiger partial charge is 0.415 e. The van der Waals surface area contributed by atoms with Crippen molar-refractivity contribution in [3.05, 3.63) is 35.1 Å². The third-order valence-electron chi connectivity index (χ3n) is 11.5. The number of ether oxygens (including phenoxy) is 3. The molecule has 3 heterocycles. The molecule has 3 aliphatic heterocycles. The van der Waals surface area contributed by atoms with Crippen molar-refractivity contribution >= 4 is 29.8 Å². The van der Waals surface area contributed by atoms with E-state index in [1.54, 1.807) is 18.1 Å². The summed E-state index contributed by atoms with van der Waals surface area (Å²) in [5.74, 6) is 0.0509. The molecule has 0 saturated carbocycles. The number of rotatable bonds is 12. The SMILES string of the molecule is COc1ccc(C)c2c1OC1C(OC(=O)N3CCCCC3CNC(=O)C(CCCN=C(N)N)NC(=O)C(C)NC(C)=O)=CCC3(O)C(C)N(C)CCC213. The summed E-state index contributed by atoms with van der Waals surface area (Å²) in [6, 6.07) is 1.45. The van der Waals surface area contributed by atoms with Gasteiger partial charge in [-0.25, -0.2) is 4.79 Å². The van der Waals surface area contributed by atoms with Gasteiger partial charge in [0.2, 0.25) is 17.7 Å². The van der Waals surface area contributed by atoms with Crippen LogP contribution in [0.4, 0.5) is 4.79 Å². The van der Waals surface area contributed by atoms with E-state index in [-0.39, 0.29) is 49.9 Å². The minimum absolute atomic E-state index is 0.0757. The van der Waals surface area contributed by atoms with Crippen molar-refractivity contribution in [3.63, 3.8) is 0 Å². The highest BCUT2D eigenvalue weighted by Crippen LogP contribution is 2.62. The van der Waals surface area contributed by atoms with Crippen LogP contribution in [0.1, 0.15) is 76.8 Å². The molecule has 2 fully saturated rings. The Bertz CT molecular complexity index is 1630. The number of aliphatic hydroxyl groups is 1. The molecule has 7 atom stereocenters. The number of aryl methyl sites for hydroxylation is 1. The minimum Gasteiger partial charge on any atom is -0.493 e. The number of carbonyl (C=O) groups is 4. The van der Waals surface area contributed by atoms with Crippen molar-refractivity contribution in [1.29, 1.82) is 0 Å². The fourth-order valence-electron chi connectivity index (χ4n) is 8.55. The van der Waals surface area contributed by atoms with Gasteiger partial charge in [0.1, 0.15) is 17.8 Å². The first-order valence-corrected chi connectivity index (χ1v) is 18.5. The van der Waals surface area contributed by atoms with Gasteiger partial charge in [-0.05, 0) is 90.6 Å². The number of likely N-dealkylation sites (N-methyl/N-ethyl adjacent to an activating group) is 1. The van der Waals surface area contributed by atoms with Crippen LogP contribution in [0.15, 0.2) is 29.0 Å². The first-order chi connectivity index (χ1) is 25.1. The Labute approximate surface area is 311 Å². The van der Waals surface area contributed by atoms with E-state index in [1.165, 1.54) is 13.8 Å². The number of piperidine rings is 2. The lowest BCUT2D eigenvalue weighted by atomic mass is 9.54. The standard InChI is InChI=1S/C37H56N8O8/c1-21-12-13-27(51-6)30-29(21)36-16-19-44(5)23(3)37(36,50)15-14-28(31(36)53-30)52-35(49)45-18-8-7-10-25(45)20-41-33(48)26(11-9-17-40-34(38)39)43-32(47)22(2)42-24(4)46/h12-14,22-23,25-26,31,50H,7-11,15-20H2,1-6H3,(H,41,48)(H,42,46)(H,43,47)(H4,38,39,40). The minimum atomic E-state index is -1.21. The van der Waals surface area contributed by atoms with E-state index in [9.17, 15) is 24.3 Å². The number of fused-ring (bicyclic) bond motifs is 1. The van der Waals surface area contributed by atoms with E-state index in [1.807, 2.05) is 33.0 Å². The van der Waals surface area contributed by atoms with Gasteiger partial charge in [-0.2, -0.15) is 0 Å². The average molecular weight is 741 g/mol. The van der Waals surface area contributed by atoms with Gasteiger partial charge in [0.05, 0.1) is 24.2 Å². The second-order valence-corrected chi connectivity index (χ2v) is 14.8. The molecule has 0 aromatic heterocycles. The largest absolute Gasteiger partial charge is 0.493 e. The molecule has 1 aliphatic carbocycles. The summed E-state index contributed by atoms with van der Waals surface area (Å²) >= 11 is 0. The van der Waals surface area contributed by atoms with Crippen LogP contribution in [0, 0.1) is 6.92 Å². The molecule has 53 heavy (non-hydrogen) atoms.